The number of nitrogens with one attached hydrogen (secondary N) is 2. The molecule has 0 aliphatic rings. The molecule has 0 saturated carbocycles. The van der Waals surface area contributed by atoms with E-state index in [1.165, 1.54) is 0 Å². The summed E-state index contributed by atoms with van der Waals surface area (Å²) in [5.74, 6) is 0.393. The lowest BCUT2D eigenvalue weighted by Crippen LogP contribution is -2.48. The van der Waals surface area contributed by atoms with E-state index in [0.29, 0.717) is 21.0 Å². The molecule has 0 bridgehead atoms. The third-order valence-corrected chi connectivity index (χ3v) is 4.65. The van der Waals surface area contributed by atoms with Crippen LogP contribution in [0.1, 0.15) is 32.3 Å². The molecule has 2 aromatic rings. The number of hydrogen-bond acceptors (Lipinski definition) is 4. The highest BCUT2D eigenvalue weighted by molar-refractivity contribution is 9.10. The predicted octanol–water partition coefficient (Wildman–Crippen LogP) is 4.22. The van der Waals surface area contributed by atoms with Crippen molar-refractivity contribution in [1.82, 2.24) is 10.9 Å². The van der Waals surface area contributed by atoms with Crippen LogP contribution in [0.4, 0.5) is 0 Å². The molecule has 150 valence electrons. The minimum Gasteiger partial charge on any atom is -0.483 e. The van der Waals surface area contributed by atoms with Crippen molar-refractivity contribution in [2.24, 2.45) is 0 Å². The van der Waals surface area contributed by atoms with Crippen LogP contribution in [0.15, 0.2) is 46.9 Å². The Morgan fingerprint density at radius 3 is 2.46 bits per heavy atom. The number of halogens is 2. The first-order chi connectivity index (χ1) is 13.3. The van der Waals surface area contributed by atoms with Crippen molar-refractivity contribution >= 4 is 39.3 Å². The van der Waals surface area contributed by atoms with Crippen LogP contribution in [0.2, 0.25) is 5.02 Å². The number of rotatable bonds is 7. The predicted molar refractivity (Wildman–Crippen MR) is 112 cm³/mol. The second-order valence-electron chi connectivity index (χ2n) is 6.35. The van der Waals surface area contributed by atoms with Crippen LogP contribution in [-0.2, 0) is 9.59 Å². The number of amides is 2. The van der Waals surface area contributed by atoms with Gasteiger partial charge >= 0.3 is 0 Å². The van der Waals surface area contributed by atoms with E-state index < -0.39 is 17.9 Å². The van der Waals surface area contributed by atoms with Gasteiger partial charge in [0.25, 0.3) is 11.8 Å². The lowest BCUT2D eigenvalue weighted by Gasteiger charge is -2.17. The second-order valence-corrected chi connectivity index (χ2v) is 7.64. The lowest BCUT2D eigenvalue weighted by atomic mass is 10.0. The maximum absolute atomic E-state index is 12.1. The Kier molecular flexibility index (Phi) is 8.14. The van der Waals surface area contributed by atoms with E-state index in [-0.39, 0.29) is 12.5 Å². The molecule has 2 N–H and O–H groups in total. The topological polar surface area (TPSA) is 76.7 Å². The minimum absolute atomic E-state index is 0.220. The fourth-order valence-corrected chi connectivity index (χ4v) is 3.09. The molecular formula is C20H22BrClN2O4. The number of ether oxygens (including phenoxy) is 2. The molecule has 0 saturated heterocycles. The van der Waals surface area contributed by atoms with Crippen LogP contribution in [0, 0.1) is 0 Å². The number of hydrogen-bond donors (Lipinski definition) is 2. The van der Waals surface area contributed by atoms with Gasteiger partial charge in [-0.1, -0.05) is 43.6 Å². The monoisotopic (exact) mass is 468 g/mol. The molecule has 0 fully saturated rings. The van der Waals surface area contributed by atoms with Crippen molar-refractivity contribution in [2.45, 2.75) is 32.8 Å². The maximum Gasteiger partial charge on any atom is 0.279 e. The molecule has 28 heavy (non-hydrogen) atoms. The quantitative estimate of drug-likeness (QED) is 0.595. The minimum atomic E-state index is -0.833. The van der Waals surface area contributed by atoms with E-state index in [4.69, 9.17) is 21.1 Å². The van der Waals surface area contributed by atoms with Crippen LogP contribution >= 0.6 is 27.5 Å². The van der Waals surface area contributed by atoms with Gasteiger partial charge in [-0.05, 0) is 58.6 Å². The summed E-state index contributed by atoms with van der Waals surface area (Å²) in [6, 6.07) is 12.5. The number of carbonyl (C=O) groups excluding carboxylic acids is 2. The first-order valence-electron chi connectivity index (χ1n) is 8.70. The smallest absolute Gasteiger partial charge is 0.279 e. The normalized spacial score (nSPS) is 11.6. The Morgan fingerprint density at radius 1 is 1.07 bits per heavy atom. The Morgan fingerprint density at radius 2 is 1.79 bits per heavy atom. The number of hydrazine groups is 1. The van der Waals surface area contributed by atoms with Gasteiger partial charge in [0, 0.05) is 5.02 Å². The van der Waals surface area contributed by atoms with Gasteiger partial charge in [-0.2, -0.15) is 0 Å². The van der Waals surface area contributed by atoms with Crippen molar-refractivity contribution in [3.05, 3.63) is 57.5 Å². The van der Waals surface area contributed by atoms with Crippen LogP contribution in [0.3, 0.4) is 0 Å². The van der Waals surface area contributed by atoms with Gasteiger partial charge in [0.2, 0.25) is 0 Å². The lowest BCUT2D eigenvalue weighted by molar-refractivity contribution is -0.133. The highest BCUT2D eigenvalue weighted by Gasteiger charge is 2.17. The standard InChI is InChI=1S/C20H22BrClN2O4/c1-12(2)15-6-4-5-7-17(15)27-11-19(25)23-24-20(26)13(3)28-18-9-8-14(22)10-16(18)21/h4-10,12-13H,11H2,1-3H3,(H,23,25)(H,24,26). The van der Waals surface area contributed by atoms with Gasteiger partial charge in [0.05, 0.1) is 4.47 Å². The average molecular weight is 470 g/mol. The fourth-order valence-electron chi connectivity index (χ4n) is 2.32. The maximum atomic E-state index is 12.1. The highest BCUT2D eigenvalue weighted by atomic mass is 79.9. The molecule has 1 atom stereocenters. The summed E-state index contributed by atoms with van der Waals surface area (Å²) >= 11 is 9.20. The van der Waals surface area contributed by atoms with Crippen molar-refractivity contribution in [3.63, 3.8) is 0 Å². The van der Waals surface area contributed by atoms with Crippen molar-refractivity contribution in [1.29, 1.82) is 0 Å². The van der Waals surface area contributed by atoms with Crippen LogP contribution < -0.4 is 20.3 Å². The Balaban J connectivity index is 1.81. The molecule has 2 amide bonds. The molecule has 6 nitrogen and oxygen atoms in total. The van der Waals surface area contributed by atoms with E-state index in [9.17, 15) is 9.59 Å². The van der Waals surface area contributed by atoms with Crippen LogP contribution in [0.5, 0.6) is 11.5 Å². The van der Waals surface area contributed by atoms with Crippen LogP contribution in [-0.4, -0.2) is 24.5 Å². The van der Waals surface area contributed by atoms with Crippen molar-refractivity contribution < 1.29 is 19.1 Å². The molecule has 0 radical (unpaired) electrons. The molecule has 0 spiro atoms. The summed E-state index contributed by atoms with van der Waals surface area (Å²) in [6.45, 7) is 5.44. The summed E-state index contributed by atoms with van der Waals surface area (Å²) in [5, 5.41) is 0.544. The summed E-state index contributed by atoms with van der Waals surface area (Å²) in [4.78, 5) is 24.1. The zero-order valence-electron chi connectivity index (χ0n) is 15.8. The molecule has 1 unspecified atom stereocenters. The molecule has 0 aromatic heterocycles. The molecule has 0 heterocycles. The molecule has 2 rings (SSSR count). The second kappa shape index (κ2) is 10.3. The molecule has 2 aromatic carbocycles. The molecule has 8 heteroatoms. The highest BCUT2D eigenvalue weighted by Crippen LogP contribution is 2.28. The number of carbonyl (C=O) groups is 2. The summed E-state index contributed by atoms with van der Waals surface area (Å²) in [5.41, 5.74) is 5.65. The Bertz CT molecular complexity index is 845. The number of benzene rings is 2. The molecular weight excluding hydrogens is 448 g/mol. The largest absolute Gasteiger partial charge is 0.483 e. The SMILES string of the molecule is CC(Oc1ccc(Cl)cc1Br)C(=O)NNC(=O)COc1ccccc1C(C)C. The third-order valence-electron chi connectivity index (χ3n) is 3.79. The van der Waals surface area contributed by atoms with Crippen molar-refractivity contribution in [2.75, 3.05) is 6.61 Å². The number of para-hydroxylation sites is 1. The van der Waals surface area contributed by atoms with Crippen molar-refractivity contribution in [3.8, 4) is 11.5 Å². The van der Waals surface area contributed by atoms with Gasteiger partial charge in [-0.15, -0.1) is 0 Å². The summed E-state index contributed by atoms with van der Waals surface area (Å²) < 4.78 is 11.8. The van der Waals surface area contributed by atoms with Crippen LogP contribution in [0.25, 0.3) is 0 Å². The van der Waals surface area contributed by atoms with Gasteiger partial charge in [-0.3, -0.25) is 20.4 Å². The van der Waals surface area contributed by atoms with E-state index in [0.717, 1.165) is 5.56 Å². The molecule has 0 aliphatic carbocycles. The van der Waals surface area contributed by atoms with E-state index in [1.54, 1.807) is 31.2 Å². The summed E-state index contributed by atoms with van der Waals surface area (Å²) in [6.07, 6.45) is -0.833. The van der Waals surface area contributed by atoms with E-state index in [2.05, 4.69) is 26.8 Å². The Labute approximate surface area is 177 Å². The van der Waals surface area contributed by atoms with Gasteiger partial charge in [-0.25, -0.2) is 0 Å². The van der Waals surface area contributed by atoms with Gasteiger partial charge in [0.1, 0.15) is 11.5 Å². The Hall–Kier alpha value is -2.25. The zero-order chi connectivity index (χ0) is 20.7. The first-order valence-corrected chi connectivity index (χ1v) is 9.87. The third kappa shape index (κ3) is 6.42. The molecule has 0 aliphatic heterocycles. The van der Waals surface area contributed by atoms with E-state index >= 15 is 0 Å². The first kappa shape index (κ1) is 22.0. The fraction of sp³-hybridized carbons (Fsp3) is 0.300. The van der Waals surface area contributed by atoms with Gasteiger partial charge in [0.15, 0.2) is 12.7 Å². The zero-order valence-corrected chi connectivity index (χ0v) is 18.1. The van der Waals surface area contributed by atoms with E-state index in [1.807, 2.05) is 32.0 Å². The summed E-state index contributed by atoms with van der Waals surface area (Å²) in [7, 11) is 0. The average Bonchev–Trinajstić information content (AvgIpc) is 2.66. The van der Waals surface area contributed by atoms with Gasteiger partial charge < -0.3 is 9.47 Å².